The molecule has 2 N–H and O–H groups in total. The maximum atomic E-state index is 12.1. The van der Waals surface area contributed by atoms with Crippen molar-refractivity contribution in [1.82, 2.24) is 10.3 Å². The number of nitrogens with one attached hydrogen (secondary N) is 2. The number of anilines is 1. The van der Waals surface area contributed by atoms with Crippen molar-refractivity contribution in [2.24, 2.45) is 0 Å². The van der Waals surface area contributed by atoms with Crippen molar-refractivity contribution in [3.05, 3.63) is 60.4 Å². The lowest BCUT2D eigenvalue weighted by atomic mass is 10.2. The fourth-order valence-electron chi connectivity index (χ4n) is 2.47. The summed E-state index contributed by atoms with van der Waals surface area (Å²) in [4.78, 5) is 16.6. The van der Waals surface area contributed by atoms with E-state index < -0.39 is 0 Å². The molecule has 0 saturated carbocycles. The summed E-state index contributed by atoms with van der Waals surface area (Å²) < 4.78 is 6.69. The predicted octanol–water partition coefficient (Wildman–Crippen LogP) is 3.88. The molecule has 0 bridgehead atoms. The van der Waals surface area contributed by atoms with Crippen LogP contribution in [0.15, 0.2) is 59.0 Å². The van der Waals surface area contributed by atoms with Crippen LogP contribution in [0.1, 0.15) is 10.6 Å². The molecule has 2 aromatic carbocycles. The first-order chi connectivity index (χ1) is 11.8. The van der Waals surface area contributed by atoms with Gasteiger partial charge in [0.1, 0.15) is 5.58 Å². The number of nitrogens with zero attached hydrogens (tertiary/aromatic N) is 1. The highest BCUT2D eigenvalue weighted by Gasteiger charge is 2.11. The number of thiazole rings is 1. The van der Waals surface area contributed by atoms with Crippen LogP contribution in [0.3, 0.4) is 0 Å². The second-order valence-electron chi connectivity index (χ2n) is 5.32. The summed E-state index contributed by atoms with van der Waals surface area (Å²) in [5, 5.41) is 7.86. The van der Waals surface area contributed by atoms with Gasteiger partial charge in [-0.2, -0.15) is 0 Å². The zero-order valence-corrected chi connectivity index (χ0v) is 13.6. The first-order valence-corrected chi connectivity index (χ1v) is 8.47. The Hall–Kier alpha value is -2.86. The van der Waals surface area contributed by atoms with E-state index in [0.29, 0.717) is 18.8 Å². The topological polar surface area (TPSA) is 67.2 Å². The Bertz CT molecular complexity index is 940. The van der Waals surface area contributed by atoms with Gasteiger partial charge in [-0.05, 0) is 24.3 Å². The van der Waals surface area contributed by atoms with E-state index in [1.54, 1.807) is 17.4 Å². The normalized spacial score (nSPS) is 11.0. The number of rotatable bonds is 5. The Labute approximate surface area is 142 Å². The SMILES string of the molecule is O=C(NCCNc1nc2ccccc2s1)c1cc2ccccc2o1. The average molecular weight is 337 g/mol. The second-order valence-corrected chi connectivity index (χ2v) is 6.35. The number of fused-ring (bicyclic) bond motifs is 2. The highest BCUT2D eigenvalue weighted by molar-refractivity contribution is 7.22. The summed E-state index contributed by atoms with van der Waals surface area (Å²) in [5.41, 5.74) is 1.70. The maximum Gasteiger partial charge on any atom is 0.287 e. The third kappa shape index (κ3) is 2.96. The standard InChI is InChI=1S/C18H15N3O2S/c22-17(15-11-12-5-1-3-7-14(12)23-15)19-9-10-20-18-21-13-6-2-4-8-16(13)24-18/h1-8,11H,9-10H2,(H,19,22)(H,20,21). The molecule has 0 atom stereocenters. The number of benzene rings is 2. The molecule has 0 aliphatic rings. The maximum absolute atomic E-state index is 12.1. The molecule has 120 valence electrons. The van der Waals surface area contributed by atoms with Crippen molar-refractivity contribution < 1.29 is 9.21 Å². The predicted molar refractivity (Wildman–Crippen MR) is 96.7 cm³/mol. The quantitative estimate of drug-likeness (QED) is 0.542. The smallest absolute Gasteiger partial charge is 0.287 e. The van der Waals surface area contributed by atoms with Crippen molar-refractivity contribution in [2.75, 3.05) is 18.4 Å². The molecule has 4 rings (SSSR count). The summed E-state index contributed by atoms with van der Waals surface area (Å²) in [6.45, 7) is 1.09. The molecule has 4 aromatic rings. The van der Waals surface area contributed by atoms with Gasteiger partial charge in [0.05, 0.1) is 10.2 Å². The van der Waals surface area contributed by atoms with Gasteiger partial charge in [0.15, 0.2) is 10.9 Å². The highest BCUT2D eigenvalue weighted by Crippen LogP contribution is 2.25. The van der Waals surface area contributed by atoms with Crippen LogP contribution >= 0.6 is 11.3 Å². The van der Waals surface area contributed by atoms with Crippen LogP contribution in [0, 0.1) is 0 Å². The molecule has 0 saturated heterocycles. The number of carbonyl (C=O) groups excluding carboxylic acids is 1. The van der Waals surface area contributed by atoms with Gasteiger partial charge >= 0.3 is 0 Å². The van der Waals surface area contributed by atoms with Crippen LogP contribution in [0.4, 0.5) is 5.13 Å². The molecule has 2 heterocycles. The molecule has 0 aliphatic heterocycles. The van der Waals surface area contributed by atoms with Crippen molar-refractivity contribution in [3.63, 3.8) is 0 Å². The molecule has 0 radical (unpaired) electrons. The molecule has 2 aromatic heterocycles. The number of hydrogen-bond acceptors (Lipinski definition) is 5. The Balaban J connectivity index is 1.32. The van der Waals surface area contributed by atoms with E-state index >= 15 is 0 Å². The molecular formula is C18H15N3O2S. The third-order valence-corrected chi connectivity index (χ3v) is 4.62. The zero-order valence-electron chi connectivity index (χ0n) is 12.8. The van der Waals surface area contributed by atoms with E-state index in [0.717, 1.165) is 26.3 Å². The lowest BCUT2D eigenvalue weighted by molar-refractivity contribution is 0.0929. The Kier molecular flexibility index (Phi) is 3.88. The second kappa shape index (κ2) is 6.33. The minimum absolute atomic E-state index is 0.211. The lowest BCUT2D eigenvalue weighted by Gasteiger charge is -2.03. The van der Waals surface area contributed by atoms with Crippen LogP contribution in [0.25, 0.3) is 21.2 Å². The first kappa shape index (κ1) is 14.7. The molecule has 1 amide bonds. The number of amides is 1. The molecule has 6 heteroatoms. The van der Waals surface area contributed by atoms with Crippen molar-refractivity contribution in [3.8, 4) is 0 Å². The van der Waals surface area contributed by atoms with Crippen molar-refractivity contribution in [2.45, 2.75) is 0 Å². The fourth-order valence-corrected chi connectivity index (χ4v) is 3.37. The summed E-state index contributed by atoms with van der Waals surface area (Å²) in [5.74, 6) is 0.119. The summed E-state index contributed by atoms with van der Waals surface area (Å²) >= 11 is 1.60. The van der Waals surface area contributed by atoms with Gasteiger partial charge in [-0.25, -0.2) is 4.98 Å². The molecule has 0 unspecified atom stereocenters. The summed E-state index contributed by atoms with van der Waals surface area (Å²) in [6, 6.07) is 17.3. The van der Waals surface area contributed by atoms with Gasteiger partial charge in [0.2, 0.25) is 0 Å². The minimum Gasteiger partial charge on any atom is -0.451 e. The first-order valence-electron chi connectivity index (χ1n) is 7.66. The Morgan fingerprint density at radius 3 is 2.79 bits per heavy atom. The number of para-hydroxylation sites is 2. The van der Waals surface area contributed by atoms with E-state index in [1.165, 1.54) is 0 Å². The third-order valence-electron chi connectivity index (χ3n) is 3.63. The molecule has 0 aliphatic carbocycles. The monoisotopic (exact) mass is 337 g/mol. The van der Waals surface area contributed by atoms with E-state index in [9.17, 15) is 4.79 Å². The van der Waals surface area contributed by atoms with Gasteiger partial charge in [-0.3, -0.25) is 4.79 Å². The van der Waals surface area contributed by atoms with E-state index in [2.05, 4.69) is 15.6 Å². The molecule has 5 nitrogen and oxygen atoms in total. The van der Waals surface area contributed by atoms with Gasteiger partial charge in [0.25, 0.3) is 5.91 Å². The number of carbonyl (C=O) groups is 1. The van der Waals surface area contributed by atoms with Crippen molar-refractivity contribution >= 4 is 43.6 Å². The number of furan rings is 1. The van der Waals surface area contributed by atoms with Crippen LogP contribution in [-0.4, -0.2) is 24.0 Å². The zero-order chi connectivity index (χ0) is 16.4. The van der Waals surface area contributed by atoms with Crippen LogP contribution in [0.2, 0.25) is 0 Å². The summed E-state index contributed by atoms with van der Waals surface area (Å²) in [7, 11) is 0. The number of hydrogen-bond donors (Lipinski definition) is 2. The largest absolute Gasteiger partial charge is 0.451 e. The molecule has 0 spiro atoms. The summed E-state index contributed by atoms with van der Waals surface area (Å²) in [6.07, 6.45) is 0. The van der Waals surface area contributed by atoms with Crippen molar-refractivity contribution in [1.29, 1.82) is 0 Å². The average Bonchev–Trinajstić information content (AvgIpc) is 3.21. The van der Waals surface area contributed by atoms with Gasteiger partial charge < -0.3 is 15.1 Å². The van der Waals surface area contributed by atoms with Gasteiger partial charge in [0, 0.05) is 18.5 Å². The Morgan fingerprint density at radius 2 is 1.92 bits per heavy atom. The van der Waals surface area contributed by atoms with E-state index in [-0.39, 0.29) is 5.91 Å². The molecule has 24 heavy (non-hydrogen) atoms. The van der Waals surface area contributed by atoms with Crippen LogP contribution < -0.4 is 10.6 Å². The van der Waals surface area contributed by atoms with Gasteiger partial charge in [-0.1, -0.05) is 41.7 Å². The fraction of sp³-hybridized carbons (Fsp3) is 0.111. The minimum atomic E-state index is -0.211. The molecule has 0 fully saturated rings. The lowest BCUT2D eigenvalue weighted by Crippen LogP contribution is -2.28. The van der Waals surface area contributed by atoms with Crippen LogP contribution in [0.5, 0.6) is 0 Å². The number of aromatic nitrogens is 1. The molecular weight excluding hydrogens is 322 g/mol. The highest BCUT2D eigenvalue weighted by atomic mass is 32.1. The van der Waals surface area contributed by atoms with Crippen LogP contribution in [-0.2, 0) is 0 Å². The van der Waals surface area contributed by atoms with E-state index in [4.69, 9.17) is 4.42 Å². The van der Waals surface area contributed by atoms with E-state index in [1.807, 2.05) is 48.5 Å². The Morgan fingerprint density at radius 1 is 1.08 bits per heavy atom. The van der Waals surface area contributed by atoms with Gasteiger partial charge in [-0.15, -0.1) is 0 Å².